The van der Waals surface area contributed by atoms with E-state index in [0.717, 1.165) is 45.4 Å². The second kappa shape index (κ2) is 8.53. The van der Waals surface area contributed by atoms with E-state index >= 15 is 0 Å². The van der Waals surface area contributed by atoms with E-state index in [-0.39, 0.29) is 5.97 Å². The van der Waals surface area contributed by atoms with Crippen molar-refractivity contribution in [2.24, 2.45) is 0 Å². The van der Waals surface area contributed by atoms with Gasteiger partial charge < -0.3 is 14.8 Å². The lowest BCUT2D eigenvalue weighted by Crippen LogP contribution is -2.17. The lowest BCUT2D eigenvalue weighted by atomic mass is 10.2. The van der Waals surface area contributed by atoms with Gasteiger partial charge in [0.1, 0.15) is 0 Å². The Morgan fingerprint density at radius 2 is 2.25 bits per heavy atom. The summed E-state index contributed by atoms with van der Waals surface area (Å²) in [5.74, 6) is -0.0802. The Morgan fingerprint density at radius 3 is 2.94 bits per heavy atom. The molecule has 0 aromatic heterocycles. The van der Waals surface area contributed by atoms with E-state index in [9.17, 15) is 4.79 Å². The van der Waals surface area contributed by atoms with Crippen LogP contribution in [0, 0.1) is 0 Å². The first kappa shape index (κ1) is 13.5. The van der Waals surface area contributed by atoms with Gasteiger partial charge in [-0.05, 0) is 32.7 Å². The standard InChI is InChI=1S/C12H23NO3/c1-2-15-12(14)6-4-3-5-9-16-11-7-8-13-10-11/h11,13H,2-10H2,1H3. The third-order valence-corrected chi connectivity index (χ3v) is 2.70. The van der Waals surface area contributed by atoms with Gasteiger partial charge in [-0.1, -0.05) is 6.42 Å². The molecule has 1 aliphatic heterocycles. The monoisotopic (exact) mass is 229 g/mol. The molecule has 94 valence electrons. The van der Waals surface area contributed by atoms with Crippen LogP contribution in [-0.4, -0.2) is 38.4 Å². The van der Waals surface area contributed by atoms with Crippen molar-refractivity contribution < 1.29 is 14.3 Å². The molecule has 1 atom stereocenters. The van der Waals surface area contributed by atoms with Crippen molar-refractivity contribution in [1.82, 2.24) is 5.32 Å². The van der Waals surface area contributed by atoms with Crippen LogP contribution in [0.15, 0.2) is 0 Å². The summed E-state index contributed by atoms with van der Waals surface area (Å²) in [7, 11) is 0. The van der Waals surface area contributed by atoms with Crippen LogP contribution in [0.1, 0.15) is 39.0 Å². The molecule has 0 aromatic rings. The molecule has 0 bridgehead atoms. The number of carbonyl (C=O) groups is 1. The van der Waals surface area contributed by atoms with Gasteiger partial charge in [0, 0.05) is 19.6 Å². The largest absolute Gasteiger partial charge is 0.466 e. The predicted molar refractivity (Wildman–Crippen MR) is 62.3 cm³/mol. The van der Waals surface area contributed by atoms with E-state index in [1.165, 1.54) is 0 Å². The van der Waals surface area contributed by atoms with Gasteiger partial charge >= 0.3 is 5.97 Å². The normalized spacial score (nSPS) is 19.9. The van der Waals surface area contributed by atoms with Crippen molar-refractivity contribution in [3.63, 3.8) is 0 Å². The minimum Gasteiger partial charge on any atom is -0.466 e. The summed E-state index contributed by atoms with van der Waals surface area (Å²) in [4.78, 5) is 11.0. The van der Waals surface area contributed by atoms with E-state index in [2.05, 4.69) is 5.32 Å². The van der Waals surface area contributed by atoms with E-state index in [1.807, 2.05) is 6.92 Å². The van der Waals surface area contributed by atoms with Crippen LogP contribution < -0.4 is 5.32 Å². The minimum absolute atomic E-state index is 0.0802. The summed E-state index contributed by atoms with van der Waals surface area (Å²) in [6, 6.07) is 0. The van der Waals surface area contributed by atoms with Gasteiger partial charge in [0.05, 0.1) is 12.7 Å². The first-order valence-corrected chi connectivity index (χ1v) is 6.31. The molecule has 0 aromatic carbocycles. The van der Waals surface area contributed by atoms with Gasteiger partial charge in [-0.15, -0.1) is 0 Å². The van der Waals surface area contributed by atoms with E-state index in [0.29, 0.717) is 19.1 Å². The number of esters is 1. The Kier molecular flexibility index (Phi) is 7.17. The topological polar surface area (TPSA) is 47.6 Å². The maximum atomic E-state index is 11.0. The van der Waals surface area contributed by atoms with Crippen LogP contribution in [0.2, 0.25) is 0 Å². The van der Waals surface area contributed by atoms with Gasteiger partial charge in [0.2, 0.25) is 0 Å². The quantitative estimate of drug-likeness (QED) is 0.506. The molecule has 0 saturated carbocycles. The van der Waals surface area contributed by atoms with Gasteiger partial charge in [-0.25, -0.2) is 0 Å². The summed E-state index contributed by atoms with van der Waals surface area (Å²) in [6.07, 6.45) is 5.06. The molecular formula is C12H23NO3. The molecule has 16 heavy (non-hydrogen) atoms. The highest BCUT2D eigenvalue weighted by Crippen LogP contribution is 2.06. The molecule has 1 saturated heterocycles. The SMILES string of the molecule is CCOC(=O)CCCCCOC1CCNC1. The van der Waals surface area contributed by atoms with Crippen molar-refractivity contribution in [2.75, 3.05) is 26.3 Å². The van der Waals surface area contributed by atoms with Crippen molar-refractivity contribution in [3.05, 3.63) is 0 Å². The minimum atomic E-state index is -0.0802. The smallest absolute Gasteiger partial charge is 0.305 e. The maximum absolute atomic E-state index is 11.0. The first-order valence-electron chi connectivity index (χ1n) is 6.31. The van der Waals surface area contributed by atoms with Gasteiger partial charge in [-0.2, -0.15) is 0 Å². The molecule has 1 heterocycles. The summed E-state index contributed by atoms with van der Waals surface area (Å²) in [6.45, 7) is 5.20. The highest BCUT2D eigenvalue weighted by atomic mass is 16.5. The van der Waals surface area contributed by atoms with E-state index in [4.69, 9.17) is 9.47 Å². The molecule has 0 radical (unpaired) electrons. The highest BCUT2D eigenvalue weighted by molar-refractivity contribution is 5.69. The van der Waals surface area contributed by atoms with Gasteiger partial charge in [0.15, 0.2) is 0 Å². The first-order chi connectivity index (χ1) is 7.83. The summed E-state index contributed by atoms with van der Waals surface area (Å²) < 4.78 is 10.5. The van der Waals surface area contributed by atoms with Crippen LogP contribution in [-0.2, 0) is 14.3 Å². The van der Waals surface area contributed by atoms with Crippen LogP contribution >= 0.6 is 0 Å². The molecular weight excluding hydrogens is 206 g/mol. The molecule has 1 N–H and O–H groups in total. The maximum Gasteiger partial charge on any atom is 0.305 e. The zero-order valence-electron chi connectivity index (χ0n) is 10.2. The molecule has 0 aliphatic carbocycles. The Labute approximate surface area is 97.7 Å². The van der Waals surface area contributed by atoms with E-state index < -0.39 is 0 Å². The molecule has 4 nitrogen and oxygen atoms in total. The molecule has 1 rings (SSSR count). The summed E-state index contributed by atoms with van der Waals surface area (Å²) in [5.41, 5.74) is 0. The van der Waals surface area contributed by atoms with Crippen LogP contribution in [0.3, 0.4) is 0 Å². The fraction of sp³-hybridized carbons (Fsp3) is 0.917. The number of ether oxygens (including phenoxy) is 2. The molecule has 0 amide bonds. The van der Waals surface area contributed by atoms with Gasteiger partial charge in [-0.3, -0.25) is 4.79 Å². The van der Waals surface area contributed by atoms with Crippen LogP contribution in [0.25, 0.3) is 0 Å². The fourth-order valence-electron chi connectivity index (χ4n) is 1.80. The van der Waals surface area contributed by atoms with Crippen molar-refractivity contribution in [1.29, 1.82) is 0 Å². The molecule has 0 spiro atoms. The fourth-order valence-corrected chi connectivity index (χ4v) is 1.80. The number of nitrogens with one attached hydrogen (secondary N) is 1. The lowest BCUT2D eigenvalue weighted by molar-refractivity contribution is -0.143. The lowest BCUT2D eigenvalue weighted by Gasteiger charge is -2.09. The van der Waals surface area contributed by atoms with Crippen molar-refractivity contribution in [3.8, 4) is 0 Å². The highest BCUT2D eigenvalue weighted by Gasteiger charge is 2.13. The predicted octanol–water partition coefficient (Wildman–Crippen LogP) is 1.49. The van der Waals surface area contributed by atoms with E-state index in [1.54, 1.807) is 0 Å². The zero-order valence-corrected chi connectivity index (χ0v) is 10.2. The van der Waals surface area contributed by atoms with Gasteiger partial charge in [0.25, 0.3) is 0 Å². The Morgan fingerprint density at radius 1 is 1.38 bits per heavy atom. The summed E-state index contributed by atoms with van der Waals surface area (Å²) in [5, 5.41) is 3.27. The number of hydrogen-bond acceptors (Lipinski definition) is 4. The zero-order chi connectivity index (χ0) is 11.6. The average Bonchev–Trinajstić information content (AvgIpc) is 2.76. The third kappa shape index (κ3) is 6.08. The summed E-state index contributed by atoms with van der Waals surface area (Å²) >= 11 is 0. The second-order valence-corrected chi connectivity index (χ2v) is 4.10. The van der Waals surface area contributed by atoms with Crippen molar-refractivity contribution in [2.45, 2.75) is 45.1 Å². The average molecular weight is 229 g/mol. The second-order valence-electron chi connectivity index (χ2n) is 4.10. The van der Waals surface area contributed by atoms with Crippen LogP contribution in [0.5, 0.6) is 0 Å². The Balaban J connectivity index is 1.82. The molecule has 1 fully saturated rings. The van der Waals surface area contributed by atoms with Crippen LogP contribution in [0.4, 0.5) is 0 Å². The number of carbonyl (C=O) groups excluding carboxylic acids is 1. The number of unbranched alkanes of at least 4 members (excludes halogenated alkanes) is 2. The molecule has 4 heteroatoms. The molecule has 1 unspecified atom stereocenters. The Bertz CT molecular complexity index is 191. The number of rotatable bonds is 8. The molecule has 1 aliphatic rings. The third-order valence-electron chi connectivity index (χ3n) is 2.70. The Hall–Kier alpha value is -0.610. The van der Waals surface area contributed by atoms with Crippen molar-refractivity contribution >= 4 is 5.97 Å². The number of hydrogen-bond donors (Lipinski definition) is 1.